The fourth-order valence-electron chi connectivity index (χ4n) is 1.38. The Balaban J connectivity index is 2.81. The zero-order chi connectivity index (χ0) is 11.4. The van der Waals surface area contributed by atoms with E-state index in [2.05, 4.69) is 11.9 Å². The fraction of sp³-hybridized carbons (Fsp3) is 0.333. The Hall–Kier alpha value is -1.22. The molecule has 0 aliphatic carbocycles. The molecule has 0 radical (unpaired) electrons. The third-order valence-corrected chi connectivity index (χ3v) is 2.25. The van der Waals surface area contributed by atoms with Crippen molar-refractivity contribution < 1.29 is 8.78 Å². The summed E-state index contributed by atoms with van der Waals surface area (Å²) in [5.74, 6) is -1.10. The zero-order valence-corrected chi connectivity index (χ0v) is 8.93. The van der Waals surface area contributed by atoms with Gasteiger partial charge in [0.15, 0.2) is 0 Å². The molecular weight excluding hydrogens is 196 g/mol. The first-order valence-corrected chi connectivity index (χ1v) is 4.87. The summed E-state index contributed by atoms with van der Waals surface area (Å²) in [5.41, 5.74) is 0.598. The smallest absolute Gasteiger partial charge is 0.126 e. The summed E-state index contributed by atoms with van der Waals surface area (Å²) in [5, 5.41) is 3.15. The van der Waals surface area contributed by atoms with Crippen LogP contribution in [-0.2, 0) is 0 Å². The van der Waals surface area contributed by atoms with Crippen molar-refractivity contribution in [3.63, 3.8) is 0 Å². The van der Waals surface area contributed by atoms with Gasteiger partial charge in [-0.3, -0.25) is 0 Å². The second-order valence-electron chi connectivity index (χ2n) is 3.62. The maximum Gasteiger partial charge on any atom is 0.126 e. The molecule has 0 spiro atoms. The second-order valence-corrected chi connectivity index (χ2v) is 3.62. The highest BCUT2D eigenvalue weighted by Gasteiger charge is 2.09. The highest BCUT2D eigenvalue weighted by Crippen LogP contribution is 2.16. The summed E-state index contributed by atoms with van der Waals surface area (Å²) < 4.78 is 25.8. The molecular formula is C12H15F2N. The Labute approximate surface area is 88.8 Å². The molecule has 0 aliphatic rings. The van der Waals surface area contributed by atoms with Crippen LogP contribution in [0.3, 0.4) is 0 Å². The molecule has 0 fully saturated rings. The van der Waals surface area contributed by atoms with Crippen LogP contribution in [0, 0.1) is 11.6 Å². The van der Waals surface area contributed by atoms with E-state index >= 15 is 0 Å². The molecule has 1 nitrogen and oxygen atoms in total. The number of halogens is 2. The minimum atomic E-state index is -0.551. The van der Waals surface area contributed by atoms with Crippen LogP contribution in [0.15, 0.2) is 30.9 Å². The highest BCUT2D eigenvalue weighted by atomic mass is 19.1. The first-order valence-electron chi connectivity index (χ1n) is 4.87. The summed E-state index contributed by atoms with van der Waals surface area (Å²) >= 11 is 0. The number of hydrogen-bond acceptors (Lipinski definition) is 1. The Bertz CT molecular complexity index is 329. The summed E-state index contributed by atoms with van der Waals surface area (Å²) in [7, 11) is 0. The monoisotopic (exact) mass is 211 g/mol. The molecule has 0 saturated heterocycles. The van der Waals surface area contributed by atoms with Gasteiger partial charge in [-0.1, -0.05) is 6.08 Å². The van der Waals surface area contributed by atoms with Crippen molar-refractivity contribution in [2.45, 2.75) is 25.9 Å². The lowest BCUT2D eigenvalue weighted by molar-refractivity contribution is 0.522. The third-order valence-electron chi connectivity index (χ3n) is 2.25. The van der Waals surface area contributed by atoms with E-state index in [1.54, 1.807) is 6.08 Å². The summed E-state index contributed by atoms with van der Waals surface area (Å²) in [4.78, 5) is 0. The summed E-state index contributed by atoms with van der Waals surface area (Å²) in [6.45, 7) is 7.42. The lowest BCUT2D eigenvalue weighted by Crippen LogP contribution is -2.27. The van der Waals surface area contributed by atoms with Crippen LogP contribution in [0.5, 0.6) is 0 Å². The van der Waals surface area contributed by atoms with Crippen molar-refractivity contribution in [2.75, 3.05) is 0 Å². The molecule has 1 aromatic rings. The van der Waals surface area contributed by atoms with Gasteiger partial charge >= 0.3 is 0 Å². The Kier molecular flexibility index (Phi) is 3.97. The average Bonchev–Trinajstić information content (AvgIpc) is 2.16. The van der Waals surface area contributed by atoms with Gasteiger partial charge in [-0.2, -0.15) is 0 Å². The molecule has 15 heavy (non-hydrogen) atoms. The van der Waals surface area contributed by atoms with Crippen LogP contribution < -0.4 is 5.32 Å². The van der Waals surface area contributed by atoms with Crippen LogP contribution in [0.4, 0.5) is 8.78 Å². The number of hydrogen-bond donors (Lipinski definition) is 1. The number of benzene rings is 1. The van der Waals surface area contributed by atoms with Gasteiger partial charge in [0.25, 0.3) is 0 Å². The molecule has 1 N–H and O–H groups in total. The Morgan fingerprint density at radius 3 is 2.20 bits per heavy atom. The van der Waals surface area contributed by atoms with Crippen molar-refractivity contribution >= 4 is 0 Å². The predicted molar refractivity (Wildman–Crippen MR) is 57.6 cm³/mol. The van der Waals surface area contributed by atoms with E-state index in [0.717, 1.165) is 6.07 Å². The highest BCUT2D eigenvalue weighted by molar-refractivity contribution is 5.21. The molecule has 1 aromatic carbocycles. The van der Waals surface area contributed by atoms with Gasteiger partial charge in [-0.25, -0.2) is 8.78 Å². The largest absolute Gasteiger partial charge is 0.304 e. The van der Waals surface area contributed by atoms with Gasteiger partial charge in [-0.05, 0) is 31.5 Å². The number of rotatable bonds is 4. The predicted octanol–water partition coefficient (Wildman–Crippen LogP) is 3.19. The van der Waals surface area contributed by atoms with Gasteiger partial charge in [0.05, 0.1) is 0 Å². The molecule has 0 aliphatic heterocycles. The Morgan fingerprint density at radius 1 is 1.20 bits per heavy atom. The van der Waals surface area contributed by atoms with E-state index in [1.807, 2.05) is 13.8 Å². The SMILES string of the molecule is C=CC(C)NC(C)c1cc(F)cc(F)c1. The van der Waals surface area contributed by atoms with Gasteiger partial charge < -0.3 is 5.32 Å². The van der Waals surface area contributed by atoms with Crippen LogP contribution in [-0.4, -0.2) is 6.04 Å². The van der Waals surface area contributed by atoms with Gasteiger partial charge in [0.1, 0.15) is 11.6 Å². The van der Waals surface area contributed by atoms with Gasteiger partial charge in [0.2, 0.25) is 0 Å². The number of nitrogens with one attached hydrogen (secondary N) is 1. The van der Waals surface area contributed by atoms with E-state index in [1.165, 1.54) is 12.1 Å². The molecule has 2 atom stereocenters. The van der Waals surface area contributed by atoms with Crippen LogP contribution in [0.25, 0.3) is 0 Å². The van der Waals surface area contributed by atoms with E-state index in [0.29, 0.717) is 5.56 Å². The van der Waals surface area contributed by atoms with Crippen LogP contribution >= 0.6 is 0 Å². The third kappa shape index (κ3) is 3.44. The maximum absolute atomic E-state index is 12.9. The van der Waals surface area contributed by atoms with E-state index in [9.17, 15) is 8.78 Å². The zero-order valence-electron chi connectivity index (χ0n) is 8.93. The Morgan fingerprint density at radius 2 is 1.73 bits per heavy atom. The van der Waals surface area contributed by atoms with E-state index in [-0.39, 0.29) is 12.1 Å². The first kappa shape index (κ1) is 11.9. The van der Waals surface area contributed by atoms with Gasteiger partial charge in [0, 0.05) is 18.2 Å². The minimum Gasteiger partial charge on any atom is -0.304 e. The second kappa shape index (κ2) is 5.03. The standard InChI is InChI=1S/C12H15F2N/c1-4-8(2)15-9(3)10-5-11(13)7-12(14)6-10/h4-9,15H,1H2,2-3H3. The molecule has 3 heteroatoms. The summed E-state index contributed by atoms with van der Waals surface area (Å²) in [6.07, 6.45) is 1.74. The molecule has 2 unspecified atom stereocenters. The summed E-state index contributed by atoms with van der Waals surface area (Å²) in [6, 6.07) is 3.52. The lowest BCUT2D eigenvalue weighted by Gasteiger charge is -2.17. The van der Waals surface area contributed by atoms with Crippen LogP contribution in [0.1, 0.15) is 25.5 Å². The fourth-order valence-corrected chi connectivity index (χ4v) is 1.38. The maximum atomic E-state index is 12.9. The van der Waals surface area contributed by atoms with Crippen molar-refractivity contribution in [1.82, 2.24) is 5.32 Å². The van der Waals surface area contributed by atoms with Crippen LogP contribution in [0.2, 0.25) is 0 Å². The lowest BCUT2D eigenvalue weighted by atomic mass is 10.1. The topological polar surface area (TPSA) is 12.0 Å². The normalized spacial score (nSPS) is 14.7. The molecule has 0 aromatic heterocycles. The van der Waals surface area contributed by atoms with E-state index in [4.69, 9.17) is 0 Å². The van der Waals surface area contributed by atoms with E-state index < -0.39 is 11.6 Å². The quantitative estimate of drug-likeness (QED) is 0.754. The minimum absolute atomic E-state index is 0.103. The van der Waals surface area contributed by atoms with Crippen molar-refractivity contribution in [3.05, 3.63) is 48.1 Å². The molecule has 0 bridgehead atoms. The average molecular weight is 211 g/mol. The van der Waals surface area contributed by atoms with Crippen molar-refractivity contribution in [1.29, 1.82) is 0 Å². The van der Waals surface area contributed by atoms with Gasteiger partial charge in [-0.15, -0.1) is 6.58 Å². The van der Waals surface area contributed by atoms with Crippen molar-refractivity contribution in [3.8, 4) is 0 Å². The molecule has 0 saturated carbocycles. The first-order chi connectivity index (χ1) is 7.02. The van der Waals surface area contributed by atoms with Crippen molar-refractivity contribution in [2.24, 2.45) is 0 Å². The molecule has 82 valence electrons. The molecule has 1 rings (SSSR count). The molecule has 0 amide bonds. The molecule has 0 heterocycles.